The summed E-state index contributed by atoms with van der Waals surface area (Å²) in [6, 6.07) is 16.8. The van der Waals surface area contributed by atoms with Crippen molar-refractivity contribution in [3.8, 4) is 11.8 Å². The van der Waals surface area contributed by atoms with Gasteiger partial charge < -0.3 is 25.3 Å². The molecule has 0 bridgehead atoms. The van der Waals surface area contributed by atoms with Crippen molar-refractivity contribution >= 4 is 22.5 Å². The Balaban J connectivity index is 0.00000272. The molecule has 0 spiro atoms. The van der Waals surface area contributed by atoms with E-state index in [0.29, 0.717) is 43.2 Å². The molecule has 0 radical (unpaired) electrons. The van der Waals surface area contributed by atoms with Crippen LogP contribution in [0.4, 0.5) is 5.69 Å². The van der Waals surface area contributed by atoms with Crippen LogP contribution in [-0.2, 0) is 7.05 Å². The van der Waals surface area contributed by atoms with E-state index in [-0.39, 0.29) is 23.2 Å². The first-order valence-electron chi connectivity index (χ1n) is 9.75. The minimum Gasteiger partial charge on any atom is -0.497 e. The maximum Gasteiger partial charge on any atom is 0.270 e. The fourth-order valence-electron chi connectivity index (χ4n) is 3.96. The van der Waals surface area contributed by atoms with Crippen LogP contribution in [0.15, 0.2) is 53.3 Å². The lowest BCUT2D eigenvalue weighted by molar-refractivity contribution is 0.0747. The van der Waals surface area contributed by atoms with Gasteiger partial charge in [-0.1, -0.05) is 18.2 Å². The summed E-state index contributed by atoms with van der Waals surface area (Å²) in [5.41, 5.74) is 1.90. The monoisotopic (exact) mass is 419 g/mol. The molecule has 0 saturated carbocycles. The molecule has 3 aromatic rings. The van der Waals surface area contributed by atoms with Crippen LogP contribution in [0.1, 0.15) is 15.9 Å². The first-order chi connectivity index (χ1) is 14.5. The Morgan fingerprint density at radius 1 is 1.03 bits per heavy atom. The second kappa shape index (κ2) is 8.90. The Hall–Kier alpha value is -3.83. The zero-order valence-corrected chi connectivity index (χ0v) is 17.7. The quantitative estimate of drug-likeness (QED) is 0.698. The number of methoxy groups -OCH3 is 1. The van der Waals surface area contributed by atoms with E-state index in [2.05, 4.69) is 6.07 Å². The van der Waals surface area contributed by atoms with Crippen LogP contribution in [-0.4, -0.2) is 48.7 Å². The van der Waals surface area contributed by atoms with Crippen molar-refractivity contribution in [2.75, 3.05) is 38.2 Å². The van der Waals surface area contributed by atoms with Crippen molar-refractivity contribution < 1.29 is 9.53 Å². The first kappa shape index (κ1) is 21.9. The van der Waals surface area contributed by atoms with Crippen LogP contribution in [0.2, 0.25) is 0 Å². The molecule has 0 unspecified atom stereocenters. The van der Waals surface area contributed by atoms with Gasteiger partial charge in [0.15, 0.2) is 0 Å². The number of aromatic nitrogens is 1. The van der Waals surface area contributed by atoms with Gasteiger partial charge in [0.2, 0.25) is 0 Å². The number of nitrogens with zero attached hydrogens (tertiary/aromatic N) is 4. The third-order valence-electron chi connectivity index (χ3n) is 5.61. The molecule has 31 heavy (non-hydrogen) atoms. The Bertz CT molecular complexity index is 1200. The van der Waals surface area contributed by atoms with E-state index in [4.69, 9.17) is 4.74 Å². The van der Waals surface area contributed by atoms with Crippen molar-refractivity contribution in [3.05, 3.63) is 70.0 Å². The Morgan fingerprint density at radius 2 is 1.68 bits per heavy atom. The smallest absolute Gasteiger partial charge is 0.270 e. The van der Waals surface area contributed by atoms with Gasteiger partial charge in [-0.25, -0.2) is 0 Å². The van der Waals surface area contributed by atoms with Crippen LogP contribution in [0.3, 0.4) is 0 Å². The SMILES string of the molecule is COc1ccc(C(=O)N2CCN(c3c(C#N)c(=O)n(C)c4ccccc34)CC2)cc1.N. The molecule has 160 valence electrons. The lowest BCUT2D eigenvalue weighted by Crippen LogP contribution is -2.49. The third-order valence-corrected chi connectivity index (χ3v) is 5.61. The Morgan fingerprint density at radius 3 is 2.29 bits per heavy atom. The molecule has 8 nitrogen and oxygen atoms in total. The van der Waals surface area contributed by atoms with Crippen molar-refractivity contribution in [2.24, 2.45) is 7.05 Å². The summed E-state index contributed by atoms with van der Waals surface area (Å²) in [7, 11) is 3.27. The summed E-state index contributed by atoms with van der Waals surface area (Å²) in [6.45, 7) is 2.13. The number of fused-ring (bicyclic) bond motifs is 1. The molecule has 1 aliphatic rings. The van der Waals surface area contributed by atoms with E-state index in [9.17, 15) is 14.9 Å². The number of para-hydroxylation sites is 1. The van der Waals surface area contributed by atoms with Crippen LogP contribution in [0, 0.1) is 11.3 Å². The number of rotatable bonds is 3. The molecule has 1 amide bonds. The number of pyridine rings is 1. The average molecular weight is 419 g/mol. The topological polar surface area (TPSA) is 114 Å². The van der Waals surface area contributed by atoms with Crippen molar-refractivity contribution in [2.45, 2.75) is 0 Å². The number of piperazine rings is 1. The predicted molar refractivity (Wildman–Crippen MR) is 120 cm³/mol. The van der Waals surface area contributed by atoms with Gasteiger partial charge in [-0.15, -0.1) is 0 Å². The number of anilines is 1. The Labute approximate surface area is 180 Å². The van der Waals surface area contributed by atoms with Gasteiger partial charge in [-0.05, 0) is 30.3 Å². The van der Waals surface area contributed by atoms with E-state index in [0.717, 1.165) is 10.9 Å². The molecule has 1 aliphatic heterocycles. The van der Waals surface area contributed by atoms with Gasteiger partial charge in [-0.2, -0.15) is 5.26 Å². The maximum atomic E-state index is 12.8. The minimum atomic E-state index is -0.303. The number of hydrogen-bond donors (Lipinski definition) is 1. The van der Waals surface area contributed by atoms with Gasteiger partial charge in [-0.3, -0.25) is 9.59 Å². The van der Waals surface area contributed by atoms with E-state index >= 15 is 0 Å². The normalized spacial score (nSPS) is 13.5. The highest BCUT2D eigenvalue weighted by Crippen LogP contribution is 2.29. The third kappa shape index (κ3) is 3.83. The number of aryl methyl sites for hydroxylation is 1. The van der Waals surface area contributed by atoms with Gasteiger partial charge in [0.05, 0.1) is 18.3 Å². The molecule has 8 heteroatoms. The fourth-order valence-corrected chi connectivity index (χ4v) is 3.96. The van der Waals surface area contributed by atoms with Crippen LogP contribution >= 0.6 is 0 Å². The molecule has 0 aliphatic carbocycles. The molecule has 1 fully saturated rings. The Kier molecular flexibility index (Phi) is 6.28. The second-order valence-electron chi connectivity index (χ2n) is 7.22. The zero-order chi connectivity index (χ0) is 21.3. The minimum absolute atomic E-state index is 0. The fraction of sp³-hybridized carbons (Fsp3) is 0.261. The van der Waals surface area contributed by atoms with E-state index in [1.165, 1.54) is 4.57 Å². The molecule has 3 N–H and O–H groups in total. The number of ether oxygens (including phenoxy) is 1. The molecule has 1 aromatic heterocycles. The second-order valence-corrected chi connectivity index (χ2v) is 7.22. The molecular formula is C23H25N5O3. The highest BCUT2D eigenvalue weighted by atomic mass is 16.5. The maximum absolute atomic E-state index is 12.8. The summed E-state index contributed by atoms with van der Waals surface area (Å²) in [6.07, 6.45) is 0. The number of carbonyl (C=O) groups is 1. The van der Waals surface area contributed by atoms with Gasteiger partial charge in [0, 0.05) is 44.2 Å². The summed E-state index contributed by atoms with van der Waals surface area (Å²) < 4.78 is 6.66. The van der Waals surface area contributed by atoms with E-state index in [1.807, 2.05) is 29.2 Å². The highest BCUT2D eigenvalue weighted by molar-refractivity contribution is 5.96. The van der Waals surface area contributed by atoms with E-state index < -0.39 is 0 Å². The number of carbonyl (C=O) groups excluding carboxylic acids is 1. The van der Waals surface area contributed by atoms with Gasteiger partial charge in [0.1, 0.15) is 17.4 Å². The molecule has 1 saturated heterocycles. The van der Waals surface area contributed by atoms with Crippen molar-refractivity contribution in [3.63, 3.8) is 0 Å². The average Bonchev–Trinajstić information content (AvgIpc) is 2.81. The molecule has 2 heterocycles. The molecule has 0 atom stereocenters. The summed E-state index contributed by atoms with van der Waals surface area (Å²) in [5, 5.41) is 10.5. The lowest BCUT2D eigenvalue weighted by atomic mass is 10.1. The largest absolute Gasteiger partial charge is 0.497 e. The molecule has 4 rings (SSSR count). The summed E-state index contributed by atoms with van der Waals surface area (Å²) in [5.74, 6) is 0.671. The van der Waals surface area contributed by atoms with Crippen molar-refractivity contribution in [1.29, 1.82) is 5.26 Å². The molecule has 2 aromatic carbocycles. The predicted octanol–water partition coefficient (Wildman–Crippen LogP) is 2.54. The van der Waals surface area contributed by atoms with Crippen LogP contribution in [0.5, 0.6) is 5.75 Å². The number of benzene rings is 2. The van der Waals surface area contributed by atoms with Gasteiger partial charge in [0.25, 0.3) is 11.5 Å². The van der Waals surface area contributed by atoms with E-state index in [1.54, 1.807) is 43.3 Å². The summed E-state index contributed by atoms with van der Waals surface area (Å²) >= 11 is 0. The van der Waals surface area contributed by atoms with Gasteiger partial charge >= 0.3 is 0 Å². The highest BCUT2D eigenvalue weighted by Gasteiger charge is 2.26. The zero-order valence-electron chi connectivity index (χ0n) is 17.7. The number of nitriles is 1. The van der Waals surface area contributed by atoms with Crippen LogP contribution in [0.25, 0.3) is 10.9 Å². The number of hydrogen-bond acceptors (Lipinski definition) is 6. The van der Waals surface area contributed by atoms with Crippen molar-refractivity contribution in [1.82, 2.24) is 15.6 Å². The number of amides is 1. The molecular weight excluding hydrogens is 394 g/mol. The summed E-state index contributed by atoms with van der Waals surface area (Å²) in [4.78, 5) is 29.4. The standard InChI is InChI=1S/C23H22N4O3.H3N/c1-25-20-6-4-3-5-18(20)21(19(15-24)23(25)29)26-11-13-27(14-12-26)22(28)16-7-9-17(30-2)10-8-16;/h3-10H,11-14H2,1-2H3;1H3. The first-order valence-corrected chi connectivity index (χ1v) is 9.75. The van der Waals surface area contributed by atoms with Crippen LogP contribution < -0.4 is 21.3 Å². The lowest BCUT2D eigenvalue weighted by Gasteiger charge is -2.37.